The van der Waals surface area contributed by atoms with E-state index in [1.165, 1.54) is 0 Å². The molecule has 1 fully saturated rings. The fraction of sp³-hybridized carbons (Fsp3) is 0.600. The van der Waals surface area contributed by atoms with Gasteiger partial charge < -0.3 is 14.6 Å². The van der Waals surface area contributed by atoms with Gasteiger partial charge in [0.1, 0.15) is 0 Å². The highest BCUT2D eigenvalue weighted by atomic mass is 35.5. The smallest absolute Gasteiger partial charge is 0.193 e. The molecule has 0 amide bonds. The van der Waals surface area contributed by atoms with Gasteiger partial charge in [-0.2, -0.15) is 0 Å². The molecule has 1 atom stereocenters. The van der Waals surface area contributed by atoms with Crippen LogP contribution in [0.4, 0.5) is 0 Å². The summed E-state index contributed by atoms with van der Waals surface area (Å²) in [7, 11) is 0. The molecule has 0 spiro atoms. The molecule has 1 saturated heterocycles. The number of halogens is 1. The van der Waals surface area contributed by atoms with Gasteiger partial charge in [0.15, 0.2) is 5.79 Å². The normalized spacial score (nSPS) is 20.5. The zero-order chi connectivity index (χ0) is 14.3. The Morgan fingerprint density at radius 2 is 1.84 bits per heavy atom. The van der Waals surface area contributed by atoms with Crippen LogP contribution in [-0.4, -0.2) is 18.3 Å². The van der Waals surface area contributed by atoms with Gasteiger partial charge in [-0.15, -0.1) is 0 Å². The van der Waals surface area contributed by atoms with Crippen molar-refractivity contribution >= 4 is 11.6 Å². The van der Waals surface area contributed by atoms with E-state index in [4.69, 9.17) is 21.1 Å². The van der Waals surface area contributed by atoms with Crippen molar-refractivity contribution in [3.05, 3.63) is 34.3 Å². The SMILES string of the molecule is CC1(c2ccc(C(O)C(C)(C)C)cc2Cl)OCCO1. The molecule has 1 unspecified atom stereocenters. The van der Waals surface area contributed by atoms with E-state index in [9.17, 15) is 5.11 Å². The summed E-state index contributed by atoms with van der Waals surface area (Å²) in [5, 5.41) is 10.8. The fourth-order valence-electron chi connectivity index (χ4n) is 2.24. The van der Waals surface area contributed by atoms with Crippen LogP contribution >= 0.6 is 11.6 Å². The lowest BCUT2D eigenvalue weighted by Crippen LogP contribution is -2.23. The Hall–Kier alpha value is -0.610. The van der Waals surface area contributed by atoms with E-state index >= 15 is 0 Å². The van der Waals surface area contributed by atoms with Crippen molar-refractivity contribution in [3.8, 4) is 0 Å². The zero-order valence-corrected chi connectivity index (χ0v) is 12.6. The van der Waals surface area contributed by atoms with Gasteiger partial charge in [-0.25, -0.2) is 0 Å². The molecule has 0 aliphatic carbocycles. The van der Waals surface area contributed by atoms with E-state index in [0.717, 1.165) is 11.1 Å². The number of hydrogen-bond donors (Lipinski definition) is 1. The largest absolute Gasteiger partial charge is 0.388 e. The first-order chi connectivity index (χ1) is 8.74. The van der Waals surface area contributed by atoms with Gasteiger partial charge in [0.25, 0.3) is 0 Å². The predicted octanol–water partition coefficient (Wildman–Crippen LogP) is 3.64. The lowest BCUT2D eigenvalue weighted by molar-refractivity contribution is -0.149. The highest BCUT2D eigenvalue weighted by molar-refractivity contribution is 6.31. The summed E-state index contributed by atoms with van der Waals surface area (Å²) < 4.78 is 11.2. The average Bonchev–Trinajstić information content (AvgIpc) is 2.74. The second kappa shape index (κ2) is 5.06. The third-order valence-electron chi connectivity index (χ3n) is 3.46. The van der Waals surface area contributed by atoms with Crippen LogP contribution in [0.2, 0.25) is 5.02 Å². The number of benzene rings is 1. The van der Waals surface area contributed by atoms with Crippen molar-refractivity contribution in [2.45, 2.75) is 39.6 Å². The summed E-state index contributed by atoms with van der Waals surface area (Å²) in [5.74, 6) is -0.775. The van der Waals surface area contributed by atoms with Crippen LogP contribution < -0.4 is 0 Å². The molecule has 0 bridgehead atoms. The van der Waals surface area contributed by atoms with Crippen LogP contribution in [0.1, 0.15) is 44.9 Å². The van der Waals surface area contributed by atoms with E-state index in [1.54, 1.807) is 6.07 Å². The van der Waals surface area contributed by atoms with Crippen molar-refractivity contribution < 1.29 is 14.6 Å². The maximum Gasteiger partial charge on any atom is 0.193 e. The second-order valence-electron chi connectivity index (χ2n) is 6.15. The molecule has 1 aliphatic heterocycles. The topological polar surface area (TPSA) is 38.7 Å². The van der Waals surface area contributed by atoms with Gasteiger partial charge in [-0.05, 0) is 24.0 Å². The lowest BCUT2D eigenvalue weighted by Gasteiger charge is -2.28. The summed E-state index contributed by atoms with van der Waals surface area (Å²) in [6.07, 6.45) is -0.558. The maximum absolute atomic E-state index is 10.3. The monoisotopic (exact) mass is 284 g/mol. The highest BCUT2D eigenvalue weighted by Crippen LogP contribution is 2.39. The van der Waals surface area contributed by atoms with Gasteiger partial charge in [0, 0.05) is 10.6 Å². The van der Waals surface area contributed by atoms with Crippen LogP contribution in [0.15, 0.2) is 18.2 Å². The maximum atomic E-state index is 10.3. The van der Waals surface area contributed by atoms with Gasteiger partial charge >= 0.3 is 0 Å². The van der Waals surface area contributed by atoms with E-state index in [1.807, 2.05) is 39.8 Å². The van der Waals surface area contributed by atoms with Crippen molar-refractivity contribution in [1.82, 2.24) is 0 Å². The first-order valence-corrected chi connectivity index (χ1v) is 6.88. The molecule has 1 N–H and O–H groups in total. The van der Waals surface area contributed by atoms with E-state index in [0.29, 0.717) is 18.2 Å². The van der Waals surface area contributed by atoms with Gasteiger partial charge in [0.2, 0.25) is 0 Å². The standard InChI is InChI=1S/C15H21ClO3/c1-14(2,3)13(17)10-5-6-11(12(16)9-10)15(4)18-7-8-19-15/h5-6,9,13,17H,7-8H2,1-4H3. The summed E-state index contributed by atoms with van der Waals surface area (Å²) >= 11 is 6.32. The Balaban J connectivity index is 2.32. The van der Waals surface area contributed by atoms with Crippen LogP contribution in [0, 0.1) is 5.41 Å². The first kappa shape index (κ1) is 14.8. The Bertz CT molecular complexity index is 459. The molecule has 4 heteroatoms. The van der Waals surface area contributed by atoms with Crippen molar-refractivity contribution in [1.29, 1.82) is 0 Å². The fourth-order valence-corrected chi connectivity index (χ4v) is 2.60. The van der Waals surface area contributed by atoms with Crippen molar-refractivity contribution in [2.24, 2.45) is 5.41 Å². The Morgan fingerprint density at radius 1 is 1.26 bits per heavy atom. The van der Waals surface area contributed by atoms with E-state index in [-0.39, 0.29) is 5.41 Å². The molecule has 19 heavy (non-hydrogen) atoms. The molecule has 1 aromatic carbocycles. The molecular weight excluding hydrogens is 264 g/mol. The molecule has 2 rings (SSSR count). The first-order valence-electron chi connectivity index (χ1n) is 6.50. The van der Waals surface area contributed by atoms with Gasteiger partial charge in [-0.3, -0.25) is 0 Å². The van der Waals surface area contributed by atoms with Gasteiger partial charge in [0.05, 0.1) is 19.3 Å². The van der Waals surface area contributed by atoms with E-state index in [2.05, 4.69) is 0 Å². The summed E-state index contributed by atoms with van der Waals surface area (Å²) in [6, 6.07) is 5.55. The van der Waals surface area contributed by atoms with Crippen LogP contribution in [0.5, 0.6) is 0 Å². The Labute approximate surface area is 119 Å². The summed E-state index contributed by atoms with van der Waals surface area (Å²) in [6.45, 7) is 8.97. The summed E-state index contributed by atoms with van der Waals surface area (Å²) in [5.41, 5.74) is 1.38. The second-order valence-corrected chi connectivity index (χ2v) is 6.56. The average molecular weight is 285 g/mol. The molecule has 106 valence electrons. The molecule has 0 saturated carbocycles. The zero-order valence-electron chi connectivity index (χ0n) is 11.9. The predicted molar refractivity (Wildman–Crippen MR) is 75.1 cm³/mol. The Kier molecular flexibility index (Phi) is 3.94. The minimum absolute atomic E-state index is 0.227. The van der Waals surface area contributed by atoms with E-state index < -0.39 is 11.9 Å². The summed E-state index contributed by atoms with van der Waals surface area (Å²) in [4.78, 5) is 0. The minimum Gasteiger partial charge on any atom is -0.388 e. The lowest BCUT2D eigenvalue weighted by atomic mass is 9.84. The molecule has 0 radical (unpaired) electrons. The molecule has 1 aromatic rings. The van der Waals surface area contributed by atoms with Gasteiger partial charge in [-0.1, -0.05) is 44.5 Å². The Morgan fingerprint density at radius 3 is 2.32 bits per heavy atom. The number of rotatable bonds is 2. The van der Waals surface area contributed by atoms with Crippen LogP contribution in [0.3, 0.4) is 0 Å². The van der Waals surface area contributed by atoms with Crippen LogP contribution in [0.25, 0.3) is 0 Å². The number of hydrogen-bond acceptors (Lipinski definition) is 3. The van der Waals surface area contributed by atoms with Crippen LogP contribution in [-0.2, 0) is 15.3 Å². The molecular formula is C15H21ClO3. The van der Waals surface area contributed by atoms with Crippen molar-refractivity contribution in [3.63, 3.8) is 0 Å². The number of aliphatic hydroxyl groups is 1. The third-order valence-corrected chi connectivity index (χ3v) is 3.77. The molecule has 1 heterocycles. The quantitative estimate of drug-likeness (QED) is 0.901. The number of ether oxygens (including phenoxy) is 2. The molecule has 0 aromatic heterocycles. The molecule has 3 nitrogen and oxygen atoms in total. The third kappa shape index (κ3) is 2.95. The number of aliphatic hydroxyl groups excluding tert-OH is 1. The minimum atomic E-state index is -0.775. The highest BCUT2D eigenvalue weighted by Gasteiger charge is 2.35. The van der Waals surface area contributed by atoms with Crippen molar-refractivity contribution in [2.75, 3.05) is 13.2 Å². The molecule has 1 aliphatic rings.